The van der Waals surface area contributed by atoms with Gasteiger partial charge in [0.25, 0.3) is 0 Å². The topological polar surface area (TPSA) is 59.3 Å². The third-order valence-electron chi connectivity index (χ3n) is 3.97. The second-order valence-electron chi connectivity index (χ2n) is 5.83. The van der Waals surface area contributed by atoms with Gasteiger partial charge in [0.15, 0.2) is 12.4 Å². The molecule has 0 saturated carbocycles. The summed E-state index contributed by atoms with van der Waals surface area (Å²) >= 11 is 1.42. The monoisotopic (exact) mass is 440 g/mol. The van der Waals surface area contributed by atoms with Gasteiger partial charge in [-0.3, -0.25) is 4.79 Å². The molecule has 0 aliphatic heterocycles. The first kappa shape index (κ1) is 22.3. The standard InChI is InChI=1S/C19H24N2O3S.BrH/c1-4-24-19(23)17-14(2)15(3)25-18(17)20-16(22)10-6-9-13-21-11-7-5-8-12-21;/h5,7-8,11-12H,4,6,9-10,13H2,1-3H3;1H. The summed E-state index contributed by atoms with van der Waals surface area (Å²) in [6, 6.07) is 5.96. The molecule has 7 heteroatoms. The van der Waals surface area contributed by atoms with Crippen molar-refractivity contribution in [2.24, 2.45) is 0 Å². The third-order valence-corrected chi connectivity index (χ3v) is 5.09. The number of amides is 1. The number of nitrogens with one attached hydrogen (secondary N) is 1. The Morgan fingerprint density at radius 2 is 1.85 bits per heavy atom. The summed E-state index contributed by atoms with van der Waals surface area (Å²) in [4.78, 5) is 25.4. The second-order valence-corrected chi connectivity index (χ2v) is 7.05. The zero-order chi connectivity index (χ0) is 18.2. The van der Waals surface area contributed by atoms with Gasteiger partial charge in [-0.05, 0) is 32.8 Å². The minimum absolute atomic E-state index is 0. The van der Waals surface area contributed by atoms with E-state index in [0.717, 1.165) is 29.8 Å². The number of carbonyl (C=O) groups excluding carboxylic acids is 2. The highest BCUT2D eigenvalue weighted by molar-refractivity contribution is 7.16. The first-order valence-corrected chi connectivity index (χ1v) is 9.35. The predicted octanol–water partition coefficient (Wildman–Crippen LogP) is 0.642. The minimum atomic E-state index is -0.375. The quantitative estimate of drug-likeness (QED) is 0.372. The molecule has 0 atom stereocenters. The fourth-order valence-electron chi connectivity index (χ4n) is 2.52. The molecule has 2 rings (SSSR count). The Labute approximate surface area is 169 Å². The molecule has 0 saturated heterocycles. The number of esters is 1. The van der Waals surface area contributed by atoms with Gasteiger partial charge in [-0.2, -0.15) is 0 Å². The number of pyridine rings is 1. The van der Waals surface area contributed by atoms with Crippen molar-refractivity contribution in [3.8, 4) is 0 Å². The Kier molecular flexibility index (Phi) is 9.51. The van der Waals surface area contributed by atoms with Crippen LogP contribution in [0.25, 0.3) is 0 Å². The van der Waals surface area contributed by atoms with Crippen molar-refractivity contribution in [2.45, 2.75) is 46.6 Å². The normalized spacial score (nSPS) is 10.1. The van der Waals surface area contributed by atoms with E-state index in [4.69, 9.17) is 4.74 Å². The first-order chi connectivity index (χ1) is 12.0. The number of carbonyl (C=O) groups is 2. The van der Waals surface area contributed by atoms with Crippen molar-refractivity contribution in [3.05, 3.63) is 46.6 Å². The number of hydrogen-bond donors (Lipinski definition) is 1. The lowest BCUT2D eigenvalue weighted by Crippen LogP contribution is -3.00. The molecule has 26 heavy (non-hydrogen) atoms. The molecule has 1 N–H and O–H groups in total. The zero-order valence-corrected chi connectivity index (χ0v) is 17.8. The van der Waals surface area contributed by atoms with E-state index in [-0.39, 0.29) is 28.9 Å². The zero-order valence-electron chi connectivity index (χ0n) is 15.4. The molecule has 5 nitrogen and oxygen atoms in total. The largest absolute Gasteiger partial charge is 1.00 e. The van der Waals surface area contributed by atoms with Gasteiger partial charge in [0.1, 0.15) is 11.5 Å². The molecule has 0 radical (unpaired) electrons. The molecular formula is C19H25BrN2O3S. The Morgan fingerprint density at radius 1 is 1.15 bits per heavy atom. The fraction of sp³-hybridized carbons (Fsp3) is 0.421. The lowest BCUT2D eigenvalue weighted by molar-refractivity contribution is -0.697. The highest BCUT2D eigenvalue weighted by atomic mass is 79.9. The lowest BCUT2D eigenvalue weighted by Gasteiger charge is -2.07. The number of ether oxygens (including phenoxy) is 1. The van der Waals surface area contributed by atoms with E-state index in [9.17, 15) is 9.59 Å². The molecule has 2 aromatic heterocycles. The number of halogens is 1. The molecule has 2 aromatic rings. The molecule has 0 aliphatic rings. The van der Waals surface area contributed by atoms with Gasteiger partial charge in [0, 0.05) is 29.9 Å². The molecular weight excluding hydrogens is 416 g/mol. The number of thiophene rings is 1. The number of nitrogens with zero attached hydrogens (tertiary/aromatic N) is 1. The molecule has 142 valence electrons. The van der Waals surface area contributed by atoms with E-state index >= 15 is 0 Å². The van der Waals surface area contributed by atoms with E-state index in [1.165, 1.54) is 11.3 Å². The van der Waals surface area contributed by atoms with Crippen molar-refractivity contribution in [3.63, 3.8) is 0 Å². The summed E-state index contributed by atoms with van der Waals surface area (Å²) in [6.07, 6.45) is 6.19. The number of unbranched alkanes of at least 4 members (excludes halogenated alkanes) is 1. The number of aryl methyl sites for hydroxylation is 2. The van der Waals surface area contributed by atoms with Gasteiger partial charge in [0.05, 0.1) is 12.2 Å². The maximum absolute atomic E-state index is 12.2. The summed E-state index contributed by atoms with van der Waals surface area (Å²) in [5.41, 5.74) is 1.36. The SMILES string of the molecule is CCOC(=O)c1c(NC(=O)CCCC[n+]2ccccc2)sc(C)c1C.[Br-]. The van der Waals surface area contributed by atoms with Crippen LogP contribution in [-0.2, 0) is 16.1 Å². The second kappa shape index (κ2) is 11.1. The number of anilines is 1. The maximum atomic E-state index is 12.2. The van der Waals surface area contributed by atoms with Crippen molar-refractivity contribution in [1.82, 2.24) is 0 Å². The van der Waals surface area contributed by atoms with Crippen LogP contribution >= 0.6 is 11.3 Å². The Morgan fingerprint density at radius 3 is 2.50 bits per heavy atom. The summed E-state index contributed by atoms with van der Waals surface area (Å²) in [6.45, 7) is 6.80. The van der Waals surface area contributed by atoms with Crippen LogP contribution in [0.2, 0.25) is 0 Å². The van der Waals surface area contributed by atoms with E-state index in [1.807, 2.05) is 44.4 Å². The highest BCUT2D eigenvalue weighted by Gasteiger charge is 2.21. The average Bonchev–Trinajstić information content (AvgIpc) is 2.87. The lowest BCUT2D eigenvalue weighted by atomic mass is 10.1. The fourth-order valence-corrected chi connectivity index (χ4v) is 3.58. The van der Waals surface area contributed by atoms with E-state index in [2.05, 4.69) is 9.88 Å². The molecule has 1 amide bonds. The highest BCUT2D eigenvalue weighted by Crippen LogP contribution is 2.33. The van der Waals surface area contributed by atoms with Crippen LogP contribution in [0.3, 0.4) is 0 Å². The summed E-state index contributed by atoms with van der Waals surface area (Å²) in [7, 11) is 0. The van der Waals surface area contributed by atoms with Gasteiger partial charge >= 0.3 is 5.97 Å². The maximum Gasteiger partial charge on any atom is 0.341 e. The predicted molar refractivity (Wildman–Crippen MR) is 98.9 cm³/mol. The Bertz CT molecular complexity index is 732. The van der Waals surface area contributed by atoms with Crippen LogP contribution in [0, 0.1) is 13.8 Å². The number of aromatic nitrogens is 1. The molecule has 0 unspecified atom stereocenters. The van der Waals surface area contributed by atoms with Crippen LogP contribution in [0.5, 0.6) is 0 Å². The van der Waals surface area contributed by atoms with Crippen molar-refractivity contribution in [2.75, 3.05) is 11.9 Å². The van der Waals surface area contributed by atoms with Gasteiger partial charge < -0.3 is 27.0 Å². The van der Waals surface area contributed by atoms with Crippen molar-refractivity contribution < 1.29 is 35.9 Å². The van der Waals surface area contributed by atoms with Crippen LogP contribution in [-0.4, -0.2) is 18.5 Å². The molecule has 0 aromatic carbocycles. The third kappa shape index (κ3) is 6.21. The Hall–Kier alpha value is -1.73. The van der Waals surface area contributed by atoms with Gasteiger partial charge in [-0.15, -0.1) is 11.3 Å². The van der Waals surface area contributed by atoms with Crippen LogP contribution in [0.15, 0.2) is 30.6 Å². The molecule has 0 aliphatic carbocycles. The van der Waals surface area contributed by atoms with Gasteiger partial charge in [0.2, 0.25) is 5.91 Å². The Balaban J connectivity index is 0.00000338. The first-order valence-electron chi connectivity index (χ1n) is 8.54. The molecule has 0 spiro atoms. The average molecular weight is 441 g/mol. The molecule has 0 fully saturated rings. The van der Waals surface area contributed by atoms with Crippen LogP contribution in [0.1, 0.15) is 47.0 Å². The number of hydrogen-bond acceptors (Lipinski definition) is 4. The summed E-state index contributed by atoms with van der Waals surface area (Å²) in [5, 5.41) is 3.48. The van der Waals surface area contributed by atoms with Crippen molar-refractivity contribution in [1.29, 1.82) is 0 Å². The molecule has 0 bridgehead atoms. The van der Waals surface area contributed by atoms with E-state index in [1.54, 1.807) is 6.92 Å². The van der Waals surface area contributed by atoms with E-state index in [0.29, 0.717) is 23.6 Å². The van der Waals surface area contributed by atoms with E-state index < -0.39 is 0 Å². The number of rotatable bonds is 8. The molecule has 2 heterocycles. The van der Waals surface area contributed by atoms with Gasteiger partial charge in [-0.1, -0.05) is 6.07 Å². The summed E-state index contributed by atoms with van der Waals surface area (Å²) < 4.78 is 7.21. The minimum Gasteiger partial charge on any atom is -1.00 e. The van der Waals surface area contributed by atoms with Crippen LogP contribution in [0.4, 0.5) is 5.00 Å². The van der Waals surface area contributed by atoms with Crippen molar-refractivity contribution >= 4 is 28.2 Å². The van der Waals surface area contributed by atoms with Gasteiger partial charge in [-0.25, -0.2) is 9.36 Å². The smallest absolute Gasteiger partial charge is 0.341 e. The van der Waals surface area contributed by atoms with Crippen LogP contribution < -0.4 is 26.9 Å². The summed E-state index contributed by atoms with van der Waals surface area (Å²) in [5.74, 6) is -0.440.